The molecule has 2 heterocycles. The van der Waals surface area contributed by atoms with Crippen LogP contribution in [0.3, 0.4) is 0 Å². The van der Waals surface area contributed by atoms with Crippen LogP contribution in [0.15, 0.2) is 12.1 Å². The number of amides is 1. The van der Waals surface area contributed by atoms with Crippen LogP contribution in [-0.4, -0.2) is 26.3 Å². The molecule has 7 nitrogen and oxygen atoms in total. The number of aryl methyl sites for hydroxylation is 2. The molecule has 0 aliphatic rings. The van der Waals surface area contributed by atoms with Crippen molar-refractivity contribution in [3.8, 4) is 0 Å². The molecule has 7 heteroatoms. The van der Waals surface area contributed by atoms with Gasteiger partial charge in [0.05, 0.1) is 0 Å². The minimum Gasteiger partial charge on any atom is -0.382 e. The maximum absolute atomic E-state index is 10.5. The Bertz CT molecular complexity index is 470. The fourth-order valence-corrected chi connectivity index (χ4v) is 1.10. The minimum atomic E-state index is -0.105. The Kier molecular flexibility index (Phi) is 4.27. The number of rotatable bonds is 1. The second-order valence-electron chi connectivity index (χ2n) is 3.59. The summed E-state index contributed by atoms with van der Waals surface area (Å²) < 4.78 is 0. The molecule has 17 heavy (non-hydrogen) atoms. The number of nitrogen functional groups attached to an aromatic ring is 1. The summed E-state index contributed by atoms with van der Waals surface area (Å²) in [6, 6.07) is 3.54. The molecule has 0 atom stereocenters. The lowest BCUT2D eigenvalue weighted by Crippen LogP contribution is -2.05. The van der Waals surface area contributed by atoms with Gasteiger partial charge in [0, 0.05) is 30.4 Å². The minimum absolute atomic E-state index is 0.105. The van der Waals surface area contributed by atoms with Crippen LogP contribution in [0.4, 0.5) is 11.6 Å². The van der Waals surface area contributed by atoms with Crippen LogP contribution >= 0.6 is 0 Å². The molecule has 2 rings (SSSR count). The largest absolute Gasteiger partial charge is 0.382 e. The van der Waals surface area contributed by atoms with E-state index in [-0.39, 0.29) is 5.91 Å². The fraction of sp³-hybridized carbons (Fsp3) is 0.300. The van der Waals surface area contributed by atoms with Gasteiger partial charge in [-0.1, -0.05) is 0 Å². The van der Waals surface area contributed by atoms with Crippen molar-refractivity contribution in [2.45, 2.75) is 20.8 Å². The molecule has 0 bridgehead atoms. The standard InChI is InChI=1S/C6H9N3O.C4H7N3/c1-4-3-6(9-8-4)7-5(2)10;1-3-2-4(5)7-6-3/h3H,1-2H3,(H2,7,8,9,10);2H,1H3,(H3,5,6,7). The van der Waals surface area contributed by atoms with Crippen molar-refractivity contribution in [3.63, 3.8) is 0 Å². The fourth-order valence-electron chi connectivity index (χ4n) is 1.10. The van der Waals surface area contributed by atoms with Crippen molar-refractivity contribution in [1.82, 2.24) is 20.4 Å². The molecule has 0 spiro atoms. The maximum Gasteiger partial charge on any atom is 0.222 e. The first-order valence-corrected chi connectivity index (χ1v) is 5.04. The Balaban J connectivity index is 0.000000181. The van der Waals surface area contributed by atoms with Crippen LogP contribution < -0.4 is 11.1 Å². The number of hydrogen-bond donors (Lipinski definition) is 4. The van der Waals surface area contributed by atoms with E-state index in [1.54, 1.807) is 12.1 Å². The number of nitrogens with two attached hydrogens (primary N) is 1. The first kappa shape index (κ1) is 12.8. The summed E-state index contributed by atoms with van der Waals surface area (Å²) in [5.74, 6) is 1.02. The number of carbonyl (C=O) groups is 1. The Labute approximate surface area is 98.8 Å². The molecule has 2 aromatic heterocycles. The first-order valence-electron chi connectivity index (χ1n) is 5.04. The molecule has 0 radical (unpaired) electrons. The molecule has 0 aliphatic heterocycles. The van der Waals surface area contributed by atoms with Gasteiger partial charge in [-0.05, 0) is 13.8 Å². The monoisotopic (exact) mass is 236 g/mol. The molecule has 1 amide bonds. The van der Waals surface area contributed by atoms with Crippen LogP contribution in [-0.2, 0) is 4.79 Å². The van der Waals surface area contributed by atoms with Crippen molar-refractivity contribution >= 4 is 17.5 Å². The van der Waals surface area contributed by atoms with Gasteiger partial charge >= 0.3 is 0 Å². The highest BCUT2D eigenvalue weighted by Crippen LogP contribution is 2.02. The second kappa shape index (κ2) is 5.69. The lowest BCUT2D eigenvalue weighted by molar-refractivity contribution is -0.114. The first-order chi connectivity index (χ1) is 7.97. The summed E-state index contributed by atoms with van der Waals surface area (Å²) in [7, 11) is 0. The lowest BCUT2D eigenvalue weighted by Gasteiger charge is -1.91. The normalized spacial score (nSPS) is 9.35. The summed E-state index contributed by atoms with van der Waals surface area (Å²) in [5, 5.41) is 15.4. The number of hydrogen-bond acceptors (Lipinski definition) is 4. The zero-order valence-corrected chi connectivity index (χ0v) is 10.0. The van der Waals surface area contributed by atoms with Crippen molar-refractivity contribution in [2.75, 3.05) is 11.1 Å². The number of nitrogens with one attached hydrogen (secondary N) is 3. The third-order valence-electron chi connectivity index (χ3n) is 1.74. The van der Waals surface area contributed by atoms with Gasteiger partial charge in [-0.15, -0.1) is 0 Å². The zero-order chi connectivity index (χ0) is 12.8. The van der Waals surface area contributed by atoms with Crippen molar-refractivity contribution in [3.05, 3.63) is 23.5 Å². The quantitative estimate of drug-likeness (QED) is 0.591. The van der Waals surface area contributed by atoms with E-state index in [1.807, 2.05) is 13.8 Å². The maximum atomic E-state index is 10.5. The van der Waals surface area contributed by atoms with Crippen molar-refractivity contribution in [1.29, 1.82) is 0 Å². The number of anilines is 2. The lowest BCUT2D eigenvalue weighted by atomic mass is 10.5. The third-order valence-corrected chi connectivity index (χ3v) is 1.74. The van der Waals surface area contributed by atoms with Crippen LogP contribution in [0.2, 0.25) is 0 Å². The molecule has 5 N–H and O–H groups in total. The average molecular weight is 236 g/mol. The summed E-state index contributed by atoms with van der Waals surface area (Å²) in [4.78, 5) is 10.5. The molecule has 0 aliphatic carbocycles. The highest BCUT2D eigenvalue weighted by atomic mass is 16.1. The summed E-state index contributed by atoms with van der Waals surface area (Å²) in [6.45, 7) is 5.23. The molecular weight excluding hydrogens is 220 g/mol. The highest BCUT2D eigenvalue weighted by Gasteiger charge is 1.96. The van der Waals surface area contributed by atoms with Gasteiger partial charge in [-0.25, -0.2) is 0 Å². The Morgan fingerprint density at radius 1 is 1.24 bits per heavy atom. The number of aromatic nitrogens is 4. The van der Waals surface area contributed by atoms with E-state index in [1.165, 1.54) is 6.92 Å². The Morgan fingerprint density at radius 3 is 2.12 bits per heavy atom. The van der Waals surface area contributed by atoms with Crippen molar-refractivity contribution < 1.29 is 4.79 Å². The van der Waals surface area contributed by atoms with Gasteiger partial charge < -0.3 is 11.1 Å². The van der Waals surface area contributed by atoms with Crippen LogP contribution in [0, 0.1) is 13.8 Å². The topological polar surface area (TPSA) is 112 Å². The Hall–Kier alpha value is -2.31. The van der Waals surface area contributed by atoms with Gasteiger partial charge in [0.25, 0.3) is 0 Å². The molecule has 2 aromatic rings. The summed E-state index contributed by atoms with van der Waals surface area (Å²) >= 11 is 0. The third kappa shape index (κ3) is 4.83. The molecule has 0 saturated carbocycles. The number of carbonyl (C=O) groups excluding carboxylic acids is 1. The predicted molar refractivity (Wildman–Crippen MR) is 65.4 cm³/mol. The van der Waals surface area contributed by atoms with Gasteiger partial charge in [-0.3, -0.25) is 15.0 Å². The molecule has 0 unspecified atom stereocenters. The van der Waals surface area contributed by atoms with Crippen LogP contribution in [0.1, 0.15) is 18.3 Å². The number of H-pyrrole nitrogens is 2. The van der Waals surface area contributed by atoms with E-state index < -0.39 is 0 Å². The molecule has 0 saturated heterocycles. The number of aromatic amines is 2. The van der Waals surface area contributed by atoms with Crippen LogP contribution in [0.25, 0.3) is 0 Å². The second-order valence-corrected chi connectivity index (χ2v) is 3.59. The SMILES string of the molecule is CC(=O)Nc1cc(C)[nH]n1.Cc1cc(N)n[nH]1. The van der Waals surface area contributed by atoms with Gasteiger partial charge in [0.2, 0.25) is 5.91 Å². The molecule has 92 valence electrons. The molecule has 0 fully saturated rings. The van der Waals surface area contributed by atoms with E-state index in [4.69, 9.17) is 5.73 Å². The van der Waals surface area contributed by atoms with E-state index in [9.17, 15) is 4.79 Å². The average Bonchev–Trinajstić information content (AvgIpc) is 2.76. The summed E-state index contributed by atoms with van der Waals surface area (Å²) in [5.41, 5.74) is 7.17. The zero-order valence-electron chi connectivity index (χ0n) is 10.0. The van der Waals surface area contributed by atoms with Gasteiger partial charge in [-0.2, -0.15) is 10.2 Å². The van der Waals surface area contributed by atoms with Gasteiger partial charge in [0.15, 0.2) is 5.82 Å². The predicted octanol–water partition coefficient (Wildman–Crippen LogP) is 0.977. The van der Waals surface area contributed by atoms with E-state index in [2.05, 4.69) is 25.7 Å². The summed E-state index contributed by atoms with van der Waals surface area (Å²) in [6.07, 6.45) is 0. The van der Waals surface area contributed by atoms with E-state index >= 15 is 0 Å². The smallest absolute Gasteiger partial charge is 0.222 e. The van der Waals surface area contributed by atoms with Crippen LogP contribution in [0.5, 0.6) is 0 Å². The molecule has 0 aromatic carbocycles. The van der Waals surface area contributed by atoms with E-state index in [0.717, 1.165) is 11.4 Å². The Morgan fingerprint density at radius 2 is 1.82 bits per heavy atom. The van der Waals surface area contributed by atoms with Crippen molar-refractivity contribution in [2.24, 2.45) is 0 Å². The number of nitrogens with zero attached hydrogens (tertiary/aromatic N) is 2. The molecular formula is C10H16N6O. The van der Waals surface area contributed by atoms with E-state index in [0.29, 0.717) is 11.6 Å². The van der Waals surface area contributed by atoms with Gasteiger partial charge in [0.1, 0.15) is 5.82 Å². The highest BCUT2D eigenvalue weighted by molar-refractivity contribution is 5.87.